The van der Waals surface area contributed by atoms with E-state index in [1.807, 2.05) is 18.9 Å². The third kappa shape index (κ3) is 3.28. The van der Waals surface area contributed by atoms with Gasteiger partial charge in [-0.3, -0.25) is 0 Å². The molecule has 0 unspecified atom stereocenters. The molecule has 0 aliphatic carbocycles. The monoisotopic (exact) mass is 257 g/mol. The predicted molar refractivity (Wildman–Crippen MR) is 72.3 cm³/mol. The van der Waals surface area contributed by atoms with E-state index in [4.69, 9.17) is 5.11 Å². The van der Waals surface area contributed by atoms with Crippen molar-refractivity contribution in [3.63, 3.8) is 0 Å². The molecule has 0 aliphatic rings. The molecule has 0 atom stereocenters. The van der Waals surface area contributed by atoms with Crippen LogP contribution in [0.4, 0.5) is 5.95 Å². The van der Waals surface area contributed by atoms with Gasteiger partial charge < -0.3 is 10.0 Å². The molecule has 0 fully saturated rings. The van der Waals surface area contributed by atoms with Crippen LogP contribution < -0.4 is 4.90 Å². The highest BCUT2D eigenvalue weighted by Crippen LogP contribution is 2.11. The number of aromatic nitrogens is 2. The Morgan fingerprint density at radius 1 is 1.21 bits per heavy atom. The highest BCUT2D eigenvalue weighted by atomic mass is 16.4. The maximum atomic E-state index is 10.7. The van der Waals surface area contributed by atoms with E-state index in [0.29, 0.717) is 12.5 Å². The summed E-state index contributed by atoms with van der Waals surface area (Å²) in [6.07, 6.45) is 2.63. The van der Waals surface area contributed by atoms with Crippen molar-refractivity contribution in [3.8, 4) is 0 Å². The molecule has 1 N–H and O–H groups in total. The van der Waals surface area contributed by atoms with E-state index in [-0.39, 0.29) is 5.56 Å². The molecular formula is C14H15N3O2. The third-order valence-corrected chi connectivity index (χ3v) is 2.77. The zero-order chi connectivity index (χ0) is 13.8. The van der Waals surface area contributed by atoms with Crippen LogP contribution in [0, 0.1) is 6.92 Å². The van der Waals surface area contributed by atoms with Crippen molar-refractivity contribution in [2.24, 2.45) is 0 Å². The normalized spacial score (nSPS) is 10.2. The molecule has 0 saturated carbocycles. The van der Waals surface area contributed by atoms with Gasteiger partial charge in [0.25, 0.3) is 0 Å². The Hall–Kier alpha value is -2.43. The number of aromatic carboxylic acids is 1. The molecule has 5 heteroatoms. The Kier molecular flexibility index (Phi) is 3.75. The van der Waals surface area contributed by atoms with Crippen LogP contribution in [0.3, 0.4) is 0 Å². The zero-order valence-electron chi connectivity index (χ0n) is 10.9. The van der Waals surface area contributed by atoms with Crippen LogP contribution in [-0.2, 0) is 6.54 Å². The van der Waals surface area contributed by atoms with E-state index >= 15 is 0 Å². The highest BCUT2D eigenvalue weighted by molar-refractivity contribution is 5.86. The van der Waals surface area contributed by atoms with E-state index in [1.54, 1.807) is 0 Å². The van der Waals surface area contributed by atoms with Crippen LogP contribution in [-0.4, -0.2) is 28.1 Å². The SMILES string of the molecule is Cc1ccc(CN(C)c2ncc(C(=O)O)cn2)cc1. The predicted octanol–water partition coefficient (Wildman–Crippen LogP) is 2.12. The van der Waals surface area contributed by atoms with Gasteiger partial charge >= 0.3 is 5.97 Å². The van der Waals surface area contributed by atoms with Gasteiger partial charge in [0.1, 0.15) is 0 Å². The number of anilines is 1. The first-order valence-corrected chi connectivity index (χ1v) is 5.88. The van der Waals surface area contributed by atoms with Gasteiger partial charge in [0.2, 0.25) is 5.95 Å². The molecule has 0 radical (unpaired) electrons. The summed E-state index contributed by atoms with van der Waals surface area (Å²) in [6, 6.07) is 8.21. The van der Waals surface area contributed by atoms with Gasteiger partial charge in [-0.2, -0.15) is 0 Å². The van der Waals surface area contributed by atoms with Gasteiger partial charge in [-0.15, -0.1) is 0 Å². The quantitative estimate of drug-likeness (QED) is 0.908. The van der Waals surface area contributed by atoms with E-state index < -0.39 is 5.97 Å². The Morgan fingerprint density at radius 3 is 2.32 bits per heavy atom. The van der Waals surface area contributed by atoms with Crippen LogP contribution >= 0.6 is 0 Å². The summed E-state index contributed by atoms with van der Waals surface area (Å²) in [5.41, 5.74) is 2.46. The Bertz CT molecular complexity index is 564. The first kappa shape index (κ1) is 13.0. The Balaban J connectivity index is 2.09. The van der Waals surface area contributed by atoms with Crippen LogP contribution in [0.25, 0.3) is 0 Å². The minimum atomic E-state index is -1.02. The summed E-state index contributed by atoms with van der Waals surface area (Å²) in [4.78, 5) is 20.7. The second kappa shape index (κ2) is 5.48. The first-order chi connectivity index (χ1) is 9.06. The number of hydrogen-bond donors (Lipinski definition) is 1. The molecular weight excluding hydrogens is 242 g/mol. The van der Waals surface area contributed by atoms with Crippen molar-refractivity contribution in [2.45, 2.75) is 13.5 Å². The molecule has 0 spiro atoms. The van der Waals surface area contributed by atoms with Gasteiger partial charge in [0, 0.05) is 26.0 Å². The molecule has 2 aromatic rings. The van der Waals surface area contributed by atoms with E-state index in [2.05, 4.69) is 34.2 Å². The molecule has 5 nitrogen and oxygen atoms in total. The molecule has 0 amide bonds. The molecule has 1 aromatic carbocycles. The number of nitrogens with zero attached hydrogens (tertiary/aromatic N) is 3. The largest absolute Gasteiger partial charge is 0.478 e. The van der Waals surface area contributed by atoms with Gasteiger partial charge in [-0.1, -0.05) is 29.8 Å². The average Bonchev–Trinajstić information content (AvgIpc) is 2.41. The molecule has 1 heterocycles. The summed E-state index contributed by atoms with van der Waals surface area (Å²) < 4.78 is 0. The van der Waals surface area contributed by atoms with Crippen molar-refractivity contribution in [3.05, 3.63) is 53.3 Å². The van der Waals surface area contributed by atoms with E-state index in [0.717, 1.165) is 5.56 Å². The van der Waals surface area contributed by atoms with Gasteiger partial charge in [-0.05, 0) is 12.5 Å². The second-order valence-corrected chi connectivity index (χ2v) is 4.42. The van der Waals surface area contributed by atoms with Crippen molar-refractivity contribution in [2.75, 3.05) is 11.9 Å². The maximum Gasteiger partial charge on any atom is 0.338 e. The lowest BCUT2D eigenvalue weighted by Crippen LogP contribution is -2.19. The summed E-state index contributed by atoms with van der Waals surface area (Å²) in [5, 5.41) is 8.78. The van der Waals surface area contributed by atoms with Crippen LogP contribution in [0.2, 0.25) is 0 Å². The van der Waals surface area contributed by atoms with E-state index in [1.165, 1.54) is 18.0 Å². The fourth-order valence-corrected chi connectivity index (χ4v) is 1.67. The molecule has 1 aromatic heterocycles. The first-order valence-electron chi connectivity index (χ1n) is 5.88. The number of carbonyl (C=O) groups is 1. The van der Waals surface area contributed by atoms with Crippen LogP contribution in [0.15, 0.2) is 36.7 Å². The number of rotatable bonds is 4. The zero-order valence-corrected chi connectivity index (χ0v) is 10.9. The fraction of sp³-hybridized carbons (Fsp3) is 0.214. The summed E-state index contributed by atoms with van der Waals surface area (Å²) in [5.74, 6) is -0.515. The van der Waals surface area contributed by atoms with Crippen molar-refractivity contribution < 1.29 is 9.90 Å². The lowest BCUT2D eigenvalue weighted by molar-refractivity contribution is 0.0696. The Labute approximate surface area is 111 Å². The molecule has 0 aliphatic heterocycles. The Morgan fingerprint density at radius 2 is 1.79 bits per heavy atom. The van der Waals surface area contributed by atoms with Crippen molar-refractivity contribution in [1.82, 2.24) is 9.97 Å². The number of carboxylic acid groups (broad SMARTS) is 1. The molecule has 0 saturated heterocycles. The lowest BCUT2D eigenvalue weighted by Gasteiger charge is -2.16. The minimum Gasteiger partial charge on any atom is -0.478 e. The average molecular weight is 257 g/mol. The number of aryl methyl sites for hydroxylation is 1. The molecule has 19 heavy (non-hydrogen) atoms. The van der Waals surface area contributed by atoms with Gasteiger partial charge in [0.05, 0.1) is 5.56 Å². The second-order valence-electron chi connectivity index (χ2n) is 4.42. The van der Waals surface area contributed by atoms with Crippen molar-refractivity contribution in [1.29, 1.82) is 0 Å². The number of hydrogen-bond acceptors (Lipinski definition) is 4. The number of benzene rings is 1. The van der Waals surface area contributed by atoms with E-state index in [9.17, 15) is 4.79 Å². The maximum absolute atomic E-state index is 10.7. The molecule has 98 valence electrons. The van der Waals surface area contributed by atoms with Gasteiger partial charge in [0.15, 0.2) is 0 Å². The standard InChI is InChI=1S/C14H15N3O2/c1-10-3-5-11(6-4-10)9-17(2)14-15-7-12(8-16-14)13(18)19/h3-8H,9H2,1-2H3,(H,18,19). The molecule has 0 bridgehead atoms. The lowest BCUT2D eigenvalue weighted by atomic mass is 10.1. The van der Waals surface area contributed by atoms with Crippen LogP contribution in [0.5, 0.6) is 0 Å². The summed E-state index contributed by atoms with van der Waals surface area (Å²) >= 11 is 0. The topological polar surface area (TPSA) is 66.3 Å². The molecule has 2 rings (SSSR count). The fourth-order valence-electron chi connectivity index (χ4n) is 1.67. The minimum absolute atomic E-state index is 0.0903. The van der Waals surface area contributed by atoms with Gasteiger partial charge in [-0.25, -0.2) is 14.8 Å². The number of carboxylic acids is 1. The summed E-state index contributed by atoms with van der Waals surface area (Å²) in [7, 11) is 1.87. The highest BCUT2D eigenvalue weighted by Gasteiger charge is 2.08. The van der Waals surface area contributed by atoms with Crippen molar-refractivity contribution >= 4 is 11.9 Å². The smallest absolute Gasteiger partial charge is 0.338 e. The van der Waals surface area contributed by atoms with Crippen LogP contribution in [0.1, 0.15) is 21.5 Å². The summed E-state index contributed by atoms with van der Waals surface area (Å²) in [6.45, 7) is 2.72. The third-order valence-electron chi connectivity index (χ3n) is 2.77.